The number of unbranched alkanes of at least 4 members (excludes halogenated alkanes) is 1. The minimum absolute atomic E-state index is 0.315. The van der Waals surface area contributed by atoms with Crippen molar-refractivity contribution in [2.75, 3.05) is 26.9 Å². The fraction of sp³-hybridized carbons (Fsp3) is 0.615. The first-order valence-electron chi connectivity index (χ1n) is 5.72. The molecular weight excluding hydrogens is 202 g/mol. The Hall–Kier alpha value is -1.09. The van der Waals surface area contributed by atoms with E-state index in [4.69, 9.17) is 4.74 Å². The Morgan fingerprint density at radius 3 is 2.56 bits per heavy atom. The highest BCUT2D eigenvalue weighted by Gasteiger charge is 2.21. The van der Waals surface area contributed by atoms with Gasteiger partial charge >= 0.3 is 5.97 Å². The van der Waals surface area contributed by atoms with Crippen molar-refractivity contribution in [2.24, 2.45) is 0 Å². The zero-order valence-corrected chi connectivity index (χ0v) is 10.8. The summed E-state index contributed by atoms with van der Waals surface area (Å²) in [7, 11) is 2.07. The summed E-state index contributed by atoms with van der Waals surface area (Å²) >= 11 is 0. The molecule has 0 heterocycles. The molecule has 0 aromatic heterocycles. The summed E-state index contributed by atoms with van der Waals surface area (Å²) in [6.07, 6.45) is 4.12. The van der Waals surface area contributed by atoms with E-state index in [1.54, 1.807) is 6.92 Å². The van der Waals surface area contributed by atoms with E-state index in [9.17, 15) is 4.79 Å². The molecule has 0 aliphatic heterocycles. The van der Waals surface area contributed by atoms with Gasteiger partial charge in [0.05, 0.1) is 20.1 Å². The SMILES string of the molecule is C=CC[N+](C)(CCCC)COC(=O)C(=C)C. The summed E-state index contributed by atoms with van der Waals surface area (Å²) in [5.74, 6) is -0.315. The van der Waals surface area contributed by atoms with Gasteiger partial charge in [0.1, 0.15) is 0 Å². The Kier molecular flexibility index (Phi) is 6.74. The molecule has 0 radical (unpaired) electrons. The van der Waals surface area contributed by atoms with Crippen LogP contribution in [0.2, 0.25) is 0 Å². The molecule has 0 N–H and O–H groups in total. The number of carbonyl (C=O) groups is 1. The lowest BCUT2D eigenvalue weighted by molar-refractivity contribution is -0.920. The summed E-state index contributed by atoms with van der Waals surface area (Å²) < 4.78 is 5.90. The predicted octanol–water partition coefficient (Wildman–Crippen LogP) is 2.50. The first kappa shape index (κ1) is 14.9. The average molecular weight is 226 g/mol. The van der Waals surface area contributed by atoms with Crippen molar-refractivity contribution in [1.29, 1.82) is 0 Å². The molecule has 0 aliphatic rings. The van der Waals surface area contributed by atoms with Crippen LogP contribution in [0.5, 0.6) is 0 Å². The van der Waals surface area contributed by atoms with Crippen LogP contribution in [0.3, 0.4) is 0 Å². The average Bonchev–Trinajstić information content (AvgIpc) is 2.23. The maximum atomic E-state index is 11.3. The van der Waals surface area contributed by atoms with Gasteiger partial charge in [-0.2, -0.15) is 0 Å². The van der Waals surface area contributed by atoms with Crippen molar-refractivity contribution < 1.29 is 14.0 Å². The quantitative estimate of drug-likeness (QED) is 0.209. The van der Waals surface area contributed by atoms with E-state index in [-0.39, 0.29) is 5.97 Å². The van der Waals surface area contributed by atoms with Crippen LogP contribution in [0.25, 0.3) is 0 Å². The molecular formula is C13H24NO2+. The Morgan fingerprint density at radius 2 is 2.12 bits per heavy atom. The second-order valence-electron chi connectivity index (χ2n) is 4.51. The molecule has 0 saturated heterocycles. The number of carbonyl (C=O) groups excluding carboxylic acids is 1. The molecule has 0 saturated carbocycles. The van der Waals surface area contributed by atoms with E-state index in [0.717, 1.165) is 25.9 Å². The highest BCUT2D eigenvalue weighted by atomic mass is 16.5. The Morgan fingerprint density at radius 1 is 1.50 bits per heavy atom. The maximum absolute atomic E-state index is 11.3. The van der Waals surface area contributed by atoms with Gasteiger partial charge in [0.2, 0.25) is 6.73 Å². The molecule has 16 heavy (non-hydrogen) atoms. The zero-order valence-electron chi connectivity index (χ0n) is 10.8. The molecule has 0 aromatic carbocycles. The first-order valence-corrected chi connectivity index (χ1v) is 5.72. The fourth-order valence-corrected chi connectivity index (χ4v) is 1.40. The number of rotatable bonds is 8. The van der Waals surface area contributed by atoms with Gasteiger partial charge in [-0.1, -0.05) is 26.5 Å². The van der Waals surface area contributed by atoms with E-state index in [1.807, 2.05) is 6.08 Å². The van der Waals surface area contributed by atoms with Crippen molar-refractivity contribution in [3.63, 3.8) is 0 Å². The summed E-state index contributed by atoms with van der Waals surface area (Å²) in [5, 5.41) is 0. The third-order valence-electron chi connectivity index (χ3n) is 2.48. The van der Waals surface area contributed by atoms with Gasteiger partial charge in [-0.3, -0.25) is 4.48 Å². The maximum Gasteiger partial charge on any atom is 0.337 e. The molecule has 3 heteroatoms. The van der Waals surface area contributed by atoms with Gasteiger partial charge in [-0.25, -0.2) is 4.79 Å². The molecule has 0 aromatic rings. The molecule has 1 atom stereocenters. The van der Waals surface area contributed by atoms with E-state index < -0.39 is 0 Å². The number of likely N-dealkylation sites (N-methyl/N-ethyl adjacent to an activating group) is 1. The molecule has 0 rings (SSSR count). The van der Waals surface area contributed by atoms with Gasteiger partial charge in [0.25, 0.3) is 0 Å². The van der Waals surface area contributed by atoms with Crippen LogP contribution in [-0.2, 0) is 9.53 Å². The molecule has 0 bridgehead atoms. The number of esters is 1. The molecule has 0 fully saturated rings. The van der Waals surface area contributed by atoms with E-state index in [0.29, 0.717) is 16.8 Å². The van der Waals surface area contributed by atoms with Crippen LogP contribution < -0.4 is 0 Å². The number of hydrogen-bond donors (Lipinski definition) is 0. The molecule has 0 spiro atoms. The minimum atomic E-state index is -0.315. The van der Waals surface area contributed by atoms with Gasteiger partial charge in [-0.15, -0.1) is 0 Å². The number of hydrogen-bond acceptors (Lipinski definition) is 2. The lowest BCUT2D eigenvalue weighted by Gasteiger charge is -2.32. The molecule has 0 amide bonds. The third kappa shape index (κ3) is 5.71. The smallest absolute Gasteiger partial charge is 0.337 e. The van der Waals surface area contributed by atoms with Crippen molar-refractivity contribution in [2.45, 2.75) is 26.7 Å². The standard InChI is InChI=1S/C13H24NO2/c1-6-8-10-14(5,9-7-2)11-16-13(15)12(3)4/h7H,2-3,6,8-11H2,1,4-5H3/q+1. The van der Waals surface area contributed by atoms with Gasteiger partial charge in [0, 0.05) is 5.57 Å². The predicted molar refractivity (Wildman–Crippen MR) is 66.8 cm³/mol. The van der Waals surface area contributed by atoms with Crippen molar-refractivity contribution in [3.05, 3.63) is 24.8 Å². The summed E-state index contributed by atoms with van der Waals surface area (Å²) in [6.45, 7) is 13.3. The third-order valence-corrected chi connectivity index (χ3v) is 2.48. The first-order chi connectivity index (χ1) is 7.45. The van der Waals surface area contributed by atoms with Crippen LogP contribution >= 0.6 is 0 Å². The Balaban J connectivity index is 4.25. The molecule has 92 valence electrons. The fourth-order valence-electron chi connectivity index (χ4n) is 1.40. The summed E-state index contributed by atoms with van der Waals surface area (Å²) in [4.78, 5) is 11.3. The number of nitrogens with zero attached hydrogens (tertiary/aromatic N) is 1. The second-order valence-corrected chi connectivity index (χ2v) is 4.51. The zero-order chi connectivity index (χ0) is 12.6. The monoisotopic (exact) mass is 226 g/mol. The van der Waals surface area contributed by atoms with Crippen LogP contribution in [0.1, 0.15) is 26.7 Å². The summed E-state index contributed by atoms with van der Waals surface area (Å²) in [5.41, 5.74) is 0.445. The molecule has 0 aliphatic carbocycles. The Labute approximate surface area is 99.0 Å². The van der Waals surface area contributed by atoms with Gasteiger partial charge in [0.15, 0.2) is 0 Å². The highest BCUT2D eigenvalue weighted by molar-refractivity contribution is 5.86. The van der Waals surface area contributed by atoms with Crippen LogP contribution in [0.4, 0.5) is 0 Å². The normalized spacial score (nSPS) is 13.9. The highest BCUT2D eigenvalue weighted by Crippen LogP contribution is 2.07. The second kappa shape index (κ2) is 7.23. The minimum Gasteiger partial charge on any atom is -0.412 e. The van der Waals surface area contributed by atoms with Gasteiger partial charge in [-0.05, 0) is 19.4 Å². The topological polar surface area (TPSA) is 26.3 Å². The van der Waals surface area contributed by atoms with Crippen molar-refractivity contribution in [3.8, 4) is 0 Å². The largest absolute Gasteiger partial charge is 0.412 e. The lowest BCUT2D eigenvalue weighted by atomic mass is 10.3. The van der Waals surface area contributed by atoms with Crippen LogP contribution in [0, 0.1) is 0 Å². The van der Waals surface area contributed by atoms with Crippen LogP contribution in [0.15, 0.2) is 24.8 Å². The van der Waals surface area contributed by atoms with Crippen molar-refractivity contribution in [1.82, 2.24) is 0 Å². The van der Waals surface area contributed by atoms with E-state index in [2.05, 4.69) is 27.1 Å². The van der Waals surface area contributed by atoms with E-state index in [1.165, 1.54) is 0 Å². The van der Waals surface area contributed by atoms with Gasteiger partial charge < -0.3 is 4.74 Å². The Bertz CT molecular complexity index is 261. The van der Waals surface area contributed by atoms with Crippen molar-refractivity contribution >= 4 is 5.97 Å². The van der Waals surface area contributed by atoms with E-state index >= 15 is 0 Å². The number of quaternary nitrogens is 1. The molecule has 3 nitrogen and oxygen atoms in total. The summed E-state index contributed by atoms with van der Waals surface area (Å²) in [6, 6.07) is 0. The van der Waals surface area contributed by atoms with Crippen LogP contribution in [-0.4, -0.2) is 37.3 Å². The number of ether oxygens (including phenoxy) is 1. The molecule has 1 unspecified atom stereocenters. The lowest BCUT2D eigenvalue weighted by Crippen LogP contribution is -2.47.